The van der Waals surface area contributed by atoms with Crippen LogP contribution in [0.15, 0.2) is 30.3 Å². The summed E-state index contributed by atoms with van der Waals surface area (Å²) >= 11 is 5.90. The fraction of sp³-hybridized carbons (Fsp3) is 0.353. The van der Waals surface area contributed by atoms with Crippen LogP contribution in [0.25, 0.3) is 0 Å². The standard InChI is InChI=1S/C17H19ClFNO/c1-10-9-15(17(21)11(2)18)13(4)20(10)12(3)14-7-5-6-8-16(14)19/h5-9,11-12H,1-4H3. The van der Waals surface area contributed by atoms with Gasteiger partial charge in [0.2, 0.25) is 0 Å². The molecule has 2 unspecified atom stereocenters. The fourth-order valence-corrected chi connectivity index (χ4v) is 2.91. The number of nitrogens with zero attached hydrogens (tertiary/aromatic N) is 1. The average Bonchev–Trinajstić information content (AvgIpc) is 2.73. The first-order valence-electron chi connectivity index (χ1n) is 6.95. The van der Waals surface area contributed by atoms with Crippen molar-refractivity contribution in [3.05, 3.63) is 58.7 Å². The monoisotopic (exact) mass is 307 g/mol. The molecule has 2 nitrogen and oxygen atoms in total. The van der Waals surface area contributed by atoms with Crippen molar-refractivity contribution in [2.45, 2.75) is 39.1 Å². The van der Waals surface area contributed by atoms with E-state index in [0.29, 0.717) is 11.1 Å². The van der Waals surface area contributed by atoms with Crippen molar-refractivity contribution in [2.75, 3.05) is 0 Å². The Balaban J connectivity index is 2.50. The third kappa shape index (κ3) is 2.88. The largest absolute Gasteiger partial charge is 0.341 e. The number of Topliss-reactive ketones (excluding diaryl/α,β-unsaturated/α-hetero) is 1. The minimum absolute atomic E-state index is 0.100. The van der Waals surface area contributed by atoms with E-state index in [1.54, 1.807) is 19.1 Å². The van der Waals surface area contributed by atoms with E-state index in [1.807, 2.05) is 37.5 Å². The van der Waals surface area contributed by atoms with Gasteiger partial charge in [-0.1, -0.05) is 18.2 Å². The molecule has 21 heavy (non-hydrogen) atoms. The lowest BCUT2D eigenvalue weighted by molar-refractivity contribution is 0.0991. The van der Waals surface area contributed by atoms with E-state index in [9.17, 15) is 9.18 Å². The summed E-state index contributed by atoms with van der Waals surface area (Å²) in [5.41, 5.74) is 2.96. The van der Waals surface area contributed by atoms with Gasteiger partial charge >= 0.3 is 0 Å². The van der Waals surface area contributed by atoms with Gasteiger partial charge in [-0.2, -0.15) is 0 Å². The Kier molecular flexibility index (Phi) is 4.52. The van der Waals surface area contributed by atoms with Crippen LogP contribution in [0.2, 0.25) is 0 Å². The van der Waals surface area contributed by atoms with Crippen molar-refractivity contribution in [2.24, 2.45) is 0 Å². The number of halogens is 2. The van der Waals surface area contributed by atoms with Crippen molar-refractivity contribution in [3.63, 3.8) is 0 Å². The summed E-state index contributed by atoms with van der Waals surface area (Å²) in [5, 5.41) is -0.567. The molecule has 0 saturated carbocycles. The molecule has 0 spiro atoms. The molecule has 0 amide bonds. The van der Waals surface area contributed by atoms with Crippen LogP contribution in [0.1, 0.15) is 47.2 Å². The molecule has 2 atom stereocenters. The van der Waals surface area contributed by atoms with Gasteiger partial charge in [0.05, 0.1) is 11.4 Å². The van der Waals surface area contributed by atoms with Gasteiger partial charge in [-0.05, 0) is 39.8 Å². The van der Waals surface area contributed by atoms with Crippen molar-refractivity contribution in [3.8, 4) is 0 Å². The van der Waals surface area contributed by atoms with Crippen LogP contribution in [-0.2, 0) is 0 Å². The highest BCUT2D eigenvalue weighted by Crippen LogP contribution is 2.28. The zero-order valence-corrected chi connectivity index (χ0v) is 13.4. The highest BCUT2D eigenvalue weighted by atomic mass is 35.5. The smallest absolute Gasteiger partial charge is 0.182 e. The van der Waals surface area contributed by atoms with E-state index in [0.717, 1.165) is 11.4 Å². The molecule has 0 radical (unpaired) electrons. The van der Waals surface area contributed by atoms with Crippen LogP contribution >= 0.6 is 11.6 Å². The van der Waals surface area contributed by atoms with Gasteiger partial charge in [0.25, 0.3) is 0 Å². The number of aryl methyl sites for hydroxylation is 1. The summed E-state index contributed by atoms with van der Waals surface area (Å²) in [5.74, 6) is -0.340. The number of carbonyl (C=O) groups is 1. The minimum Gasteiger partial charge on any atom is -0.341 e. The first-order valence-corrected chi connectivity index (χ1v) is 7.39. The molecule has 1 aromatic heterocycles. The number of alkyl halides is 1. The number of aromatic nitrogens is 1. The van der Waals surface area contributed by atoms with Gasteiger partial charge in [-0.15, -0.1) is 11.6 Å². The normalized spacial score (nSPS) is 14.0. The molecule has 1 heterocycles. The minimum atomic E-state index is -0.567. The van der Waals surface area contributed by atoms with Crippen molar-refractivity contribution >= 4 is 17.4 Å². The molecular weight excluding hydrogens is 289 g/mol. The number of carbonyl (C=O) groups excluding carboxylic acids is 1. The third-order valence-electron chi connectivity index (χ3n) is 3.85. The molecular formula is C17H19ClFNO. The third-order valence-corrected chi connectivity index (χ3v) is 4.05. The number of benzene rings is 1. The second-order valence-electron chi connectivity index (χ2n) is 5.33. The lowest BCUT2D eigenvalue weighted by Gasteiger charge is -2.19. The fourth-order valence-electron chi connectivity index (χ4n) is 2.79. The molecule has 0 aliphatic carbocycles. The number of ketones is 1. The number of hydrogen-bond donors (Lipinski definition) is 0. The Morgan fingerprint density at radius 1 is 1.24 bits per heavy atom. The van der Waals surface area contributed by atoms with Crippen molar-refractivity contribution in [1.82, 2.24) is 4.57 Å². The molecule has 2 aromatic rings. The molecule has 112 valence electrons. The zero-order valence-electron chi connectivity index (χ0n) is 12.7. The lowest BCUT2D eigenvalue weighted by Crippen LogP contribution is -2.15. The first kappa shape index (κ1) is 15.8. The Hall–Kier alpha value is -1.61. The Bertz CT molecular complexity index is 675. The molecule has 2 rings (SSSR count). The van der Waals surface area contributed by atoms with Crippen LogP contribution < -0.4 is 0 Å². The van der Waals surface area contributed by atoms with Crippen molar-refractivity contribution < 1.29 is 9.18 Å². The molecule has 0 aliphatic heterocycles. The van der Waals surface area contributed by atoms with Crippen molar-refractivity contribution in [1.29, 1.82) is 0 Å². The Morgan fingerprint density at radius 2 is 1.86 bits per heavy atom. The maximum atomic E-state index is 14.0. The molecule has 0 N–H and O–H groups in total. The van der Waals surface area contributed by atoms with E-state index in [1.165, 1.54) is 6.07 Å². The second-order valence-corrected chi connectivity index (χ2v) is 5.99. The van der Waals surface area contributed by atoms with E-state index in [4.69, 9.17) is 11.6 Å². The molecule has 4 heteroatoms. The van der Waals surface area contributed by atoms with Gasteiger partial charge in [0.1, 0.15) is 5.82 Å². The maximum absolute atomic E-state index is 14.0. The van der Waals surface area contributed by atoms with Crippen LogP contribution in [-0.4, -0.2) is 15.7 Å². The molecule has 0 bridgehead atoms. The van der Waals surface area contributed by atoms with Gasteiger partial charge in [0, 0.05) is 22.5 Å². The van der Waals surface area contributed by atoms with E-state index < -0.39 is 5.38 Å². The number of rotatable bonds is 4. The first-order chi connectivity index (χ1) is 9.84. The van der Waals surface area contributed by atoms with Gasteiger partial charge in [0.15, 0.2) is 5.78 Å². The summed E-state index contributed by atoms with van der Waals surface area (Å²) in [6, 6.07) is 8.35. The van der Waals surface area contributed by atoms with E-state index >= 15 is 0 Å². The summed E-state index contributed by atoms with van der Waals surface area (Å²) in [4.78, 5) is 12.1. The molecule has 0 fully saturated rings. The SMILES string of the molecule is Cc1cc(C(=O)C(C)Cl)c(C)n1C(C)c1ccccc1F. The van der Waals surface area contributed by atoms with Gasteiger partial charge in [-0.3, -0.25) is 4.79 Å². The topological polar surface area (TPSA) is 22.0 Å². The molecule has 0 saturated heterocycles. The summed E-state index contributed by atoms with van der Waals surface area (Å²) < 4.78 is 16.0. The van der Waals surface area contributed by atoms with Crippen LogP contribution in [0.3, 0.4) is 0 Å². The van der Waals surface area contributed by atoms with Gasteiger partial charge < -0.3 is 4.57 Å². The van der Waals surface area contributed by atoms with E-state index in [-0.39, 0.29) is 17.6 Å². The summed E-state index contributed by atoms with van der Waals surface area (Å²) in [6.07, 6.45) is 0. The van der Waals surface area contributed by atoms with E-state index in [2.05, 4.69) is 0 Å². The summed E-state index contributed by atoms with van der Waals surface area (Å²) in [6.45, 7) is 7.38. The van der Waals surface area contributed by atoms with Crippen LogP contribution in [0.4, 0.5) is 4.39 Å². The lowest BCUT2D eigenvalue weighted by atomic mass is 10.1. The molecule has 1 aromatic carbocycles. The average molecular weight is 308 g/mol. The summed E-state index contributed by atoms with van der Waals surface area (Å²) in [7, 11) is 0. The Morgan fingerprint density at radius 3 is 2.43 bits per heavy atom. The Labute approximate surface area is 129 Å². The zero-order chi connectivity index (χ0) is 15.7. The predicted molar refractivity (Wildman–Crippen MR) is 83.8 cm³/mol. The maximum Gasteiger partial charge on any atom is 0.182 e. The molecule has 0 aliphatic rings. The second kappa shape index (κ2) is 6.02. The predicted octanol–water partition coefficient (Wildman–Crippen LogP) is 4.66. The quantitative estimate of drug-likeness (QED) is 0.594. The highest BCUT2D eigenvalue weighted by Gasteiger charge is 2.23. The van der Waals surface area contributed by atoms with Gasteiger partial charge in [-0.25, -0.2) is 4.39 Å². The number of hydrogen-bond acceptors (Lipinski definition) is 1. The highest BCUT2D eigenvalue weighted by molar-refractivity contribution is 6.33. The van der Waals surface area contributed by atoms with Crippen LogP contribution in [0.5, 0.6) is 0 Å². The van der Waals surface area contributed by atoms with Crippen LogP contribution in [0, 0.1) is 19.7 Å².